The molecule has 0 spiro atoms. The second-order valence-electron chi connectivity index (χ2n) is 4.66. The zero-order valence-electron chi connectivity index (χ0n) is 11.7. The molecule has 0 unspecified atom stereocenters. The molecule has 0 aliphatic rings. The normalized spacial score (nSPS) is 10.4. The van der Waals surface area contributed by atoms with Gasteiger partial charge in [0.1, 0.15) is 0 Å². The summed E-state index contributed by atoms with van der Waals surface area (Å²) in [7, 11) is -2.48. The Kier molecular flexibility index (Phi) is 4.51. The van der Waals surface area contributed by atoms with Gasteiger partial charge in [0.25, 0.3) is 5.91 Å². The molecule has 1 aromatic carbocycles. The van der Waals surface area contributed by atoms with Crippen LogP contribution in [0.1, 0.15) is 21.5 Å². The molecule has 0 atom stereocenters. The highest BCUT2D eigenvalue weighted by Crippen LogP contribution is 2.05. The number of pyridine rings is 1. The van der Waals surface area contributed by atoms with Crippen LogP contribution in [0.4, 0.5) is 0 Å². The van der Waals surface area contributed by atoms with Crippen LogP contribution in [0.3, 0.4) is 0 Å². The third-order valence-electron chi connectivity index (χ3n) is 2.41. The lowest BCUT2D eigenvalue weighted by molar-refractivity contribution is 0.100. The van der Waals surface area contributed by atoms with Gasteiger partial charge in [-0.15, -0.1) is 0 Å². The van der Waals surface area contributed by atoms with E-state index in [9.17, 15) is 9.00 Å². The number of rotatable bonds is 1. The number of nitrogens with zero attached hydrogens (tertiary/aromatic N) is 2. The standard InChI is InChI=1S/C16H14N2O2S/c1-21(2,20)18-16(19)15-10-14(11-17-12-15)9-8-13-6-4-3-5-7-13/h3-7,10-12H,1-2H3. The Hall–Kier alpha value is -2.45. The number of benzene rings is 1. The second-order valence-corrected chi connectivity index (χ2v) is 7.20. The molecule has 0 aliphatic carbocycles. The molecule has 1 aromatic heterocycles. The molecule has 0 fully saturated rings. The summed E-state index contributed by atoms with van der Waals surface area (Å²) in [6.45, 7) is 0. The van der Waals surface area contributed by atoms with Crippen LogP contribution in [-0.2, 0) is 9.73 Å². The van der Waals surface area contributed by atoms with E-state index < -0.39 is 15.6 Å². The summed E-state index contributed by atoms with van der Waals surface area (Å²) < 4.78 is 15.2. The topological polar surface area (TPSA) is 59.4 Å². The molecule has 0 radical (unpaired) electrons. The van der Waals surface area contributed by atoms with E-state index in [1.165, 1.54) is 18.7 Å². The van der Waals surface area contributed by atoms with Crippen LogP contribution < -0.4 is 0 Å². The van der Waals surface area contributed by atoms with Crippen molar-refractivity contribution in [3.8, 4) is 11.8 Å². The van der Waals surface area contributed by atoms with Crippen LogP contribution in [0.15, 0.2) is 53.2 Å². The minimum atomic E-state index is -2.48. The van der Waals surface area contributed by atoms with Crippen LogP contribution in [0.2, 0.25) is 0 Å². The molecule has 0 bridgehead atoms. The lowest BCUT2D eigenvalue weighted by Crippen LogP contribution is -2.02. The van der Waals surface area contributed by atoms with E-state index in [1.54, 1.807) is 12.3 Å². The van der Waals surface area contributed by atoms with Crippen molar-refractivity contribution in [3.63, 3.8) is 0 Å². The number of carbonyl (C=O) groups is 1. The molecule has 1 heterocycles. The maximum atomic E-state index is 11.9. The first-order valence-electron chi connectivity index (χ1n) is 6.18. The van der Waals surface area contributed by atoms with E-state index >= 15 is 0 Å². The largest absolute Gasteiger partial charge is 0.286 e. The molecule has 2 rings (SSSR count). The summed E-state index contributed by atoms with van der Waals surface area (Å²) in [6.07, 6.45) is 5.79. The van der Waals surface area contributed by atoms with E-state index in [0.717, 1.165) is 5.56 Å². The SMILES string of the molecule is CS(C)(=O)=NC(=O)c1cncc(C#Cc2ccccc2)c1. The zero-order chi connectivity index (χ0) is 15.3. The Labute approximate surface area is 124 Å². The lowest BCUT2D eigenvalue weighted by Gasteiger charge is -1.97. The average molecular weight is 298 g/mol. The fourth-order valence-electron chi connectivity index (χ4n) is 1.54. The van der Waals surface area contributed by atoms with Crippen LogP contribution in [0.5, 0.6) is 0 Å². The number of amides is 1. The summed E-state index contributed by atoms with van der Waals surface area (Å²) in [5.74, 6) is 5.39. The summed E-state index contributed by atoms with van der Waals surface area (Å²) in [5, 5.41) is 0. The Morgan fingerprint density at radius 3 is 2.43 bits per heavy atom. The van der Waals surface area contributed by atoms with E-state index in [1.807, 2.05) is 30.3 Å². The van der Waals surface area contributed by atoms with Crippen molar-refractivity contribution in [1.82, 2.24) is 4.98 Å². The van der Waals surface area contributed by atoms with E-state index in [2.05, 4.69) is 21.2 Å². The van der Waals surface area contributed by atoms with Gasteiger partial charge in [-0.25, -0.2) is 4.21 Å². The van der Waals surface area contributed by atoms with Crippen molar-refractivity contribution in [2.45, 2.75) is 0 Å². The molecule has 106 valence electrons. The molecule has 0 aliphatic heterocycles. The van der Waals surface area contributed by atoms with E-state index in [4.69, 9.17) is 0 Å². The highest BCUT2D eigenvalue weighted by Gasteiger charge is 2.06. The minimum absolute atomic E-state index is 0.284. The van der Waals surface area contributed by atoms with Crippen molar-refractivity contribution >= 4 is 15.6 Å². The fourth-order valence-corrected chi connectivity index (χ4v) is 2.05. The van der Waals surface area contributed by atoms with Gasteiger partial charge in [0.2, 0.25) is 0 Å². The van der Waals surface area contributed by atoms with Crippen molar-refractivity contribution in [2.24, 2.45) is 4.36 Å². The molecule has 21 heavy (non-hydrogen) atoms. The first-order valence-corrected chi connectivity index (χ1v) is 8.51. The third-order valence-corrected chi connectivity index (χ3v) is 3.02. The predicted molar refractivity (Wildman–Crippen MR) is 83.4 cm³/mol. The van der Waals surface area contributed by atoms with E-state index in [0.29, 0.717) is 5.56 Å². The van der Waals surface area contributed by atoms with Gasteiger partial charge in [-0.1, -0.05) is 30.0 Å². The summed E-state index contributed by atoms with van der Waals surface area (Å²) >= 11 is 0. The maximum absolute atomic E-state index is 11.9. The Morgan fingerprint density at radius 1 is 1.10 bits per heavy atom. The van der Waals surface area contributed by atoms with Gasteiger partial charge in [0.15, 0.2) is 0 Å². The van der Waals surface area contributed by atoms with Crippen LogP contribution >= 0.6 is 0 Å². The van der Waals surface area contributed by atoms with Crippen LogP contribution in [0, 0.1) is 11.8 Å². The molecular weight excluding hydrogens is 284 g/mol. The number of hydrogen-bond acceptors (Lipinski definition) is 3. The molecule has 0 saturated carbocycles. The highest BCUT2D eigenvalue weighted by atomic mass is 32.2. The maximum Gasteiger partial charge on any atom is 0.286 e. The van der Waals surface area contributed by atoms with Gasteiger partial charge < -0.3 is 0 Å². The summed E-state index contributed by atoms with van der Waals surface area (Å²) in [4.78, 5) is 15.8. The monoisotopic (exact) mass is 298 g/mol. The number of hydrogen-bond donors (Lipinski definition) is 0. The smallest absolute Gasteiger partial charge is 0.266 e. The van der Waals surface area contributed by atoms with Gasteiger partial charge in [-0.2, -0.15) is 4.36 Å². The van der Waals surface area contributed by atoms with Gasteiger partial charge in [-0.3, -0.25) is 9.78 Å². The van der Waals surface area contributed by atoms with Crippen LogP contribution in [-0.4, -0.2) is 27.6 Å². The first kappa shape index (κ1) is 14.9. The van der Waals surface area contributed by atoms with Gasteiger partial charge in [-0.05, 0) is 18.2 Å². The second kappa shape index (κ2) is 6.33. The molecule has 1 amide bonds. The predicted octanol–water partition coefficient (Wildman–Crippen LogP) is 2.35. The van der Waals surface area contributed by atoms with Crippen molar-refractivity contribution in [1.29, 1.82) is 0 Å². The molecule has 2 aromatic rings. The zero-order valence-corrected chi connectivity index (χ0v) is 12.6. The molecule has 0 N–H and O–H groups in total. The number of aromatic nitrogens is 1. The summed E-state index contributed by atoms with van der Waals surface area (Å²) in [6, 6.07) is 11.1. The van der Waals surface area contributed by atoms with Crippen molar-refractivity contribution in [3.05, 3.63) is 65.5 Å². The minimum Gasteiger partial charge on any atom is -0.266 e. The van der Waals surface area contributed by atoms with Crippen molar-refractivity contribution in [2.75, 3.05) is 12.5 Å². The molecule has 5 heteroatoms. The molecular formula is C16H14N2O2S. The molecule has 4 nitrogen and oxygen atoms in total. The quantitative estimate of drug-likeness (QED) is 0.759. The Morgan fingerprint density at radius 2 is 1.76 bits per heavy atom. The van der Waals surface area contributed by atoms with Gasteiger partial charge in [0, 0.05) is 45.8 Å². The fraction of sp³-hybridized carbons (Fsp3) is 0.125. The van der Waals surface area contributed by atoms with Gasteiger partial charge in [0.05, 0.1) is 5.56 Å². The third kappa shape index (κ3) is 4.86. The van der Waals surface area contributed by atoms with Crippen LogP contribution in [0.25, 0.3) is 0 Å². The summed E-state index contributed by atoms with van der Waals surface area (Å²) in [5.41, 5.74) is 1.77. The lowest BCUT2D eigenvalue weighted by atomic mass is 10.2. The molecule has 0 saturated heterocycles. The van der Waals surface area contributed by atoms with Gasteiger partial charge >= 0.3 is 0 Å². The highest BCUT2D eigenvalue weighted by molar-refractivity contribution is 7.92. The number of carbonyl (C=O) groups excluding carboxylic acids is 1. The Bertz CT molecular complexity index is 831. The average Bonchev–Trinajstić information content (AvgIpc) is 2.45. The van der Waals surface area contributed by atoms with E-state index in [-0.39, 0.29) is 5.56 Å². The first-order chi connectivity index (χ1) is 9.94. The van der Waals surface area contributed by atoms with Crippen molar-refractivity contribution < 1.29 is 9.00 Å². The Balaban J connectivity index is 2.29.